The summed E-state index contributed by atoms with van der Waals surface area (Å²) in [7, 11) is 1.65. The highest BCUT2D eigenvalue weighted by molar-refractivity contribution is 5.92. The molecule has 0 atom stereocenters. The summed E-state index contributed by atoms with van der Waals surface area (Å²) < 4.78 is 5.40. The van der Waals surface area contributed by atoms with Gasteiger partial charge in [0.1, 0.15) is 5.75 Å². The molecule has 0 aliphatic heterocycles. The zero-order valence-corrected chi connectivity index (χ0v) is 13.2. The Morgan fingerprint density at radius 1 is 1.21 bits per heavy atom. The van der Waals surface area contributed by atoms with Gasteiger partial charge in [-0.05, 0) is 36.8 Å². The van der Waals surface area contributed by atoms with Crippen molar-refractivity contribution in [3.63, 3.8) is 0 Å². The fourth-order valence-electron chi connectivity index (χ4n) is 2.12. The lowest BCUT2D eigenvalue weighted by molar-refractivity contribution is -0.385. The first-order valence-corrected chi connectivity index (χ1v) is 7.41. The molecule has 126 valence electrons. The first kappa shape index (κ1) is 17.3. The van der Waals surface area contributed by atoms with Crippen LogP contribution in [0.4, 0.5) is 11.4 Å². The average Bonchev–Trinajstić information content (AvgIpc) is 2.58. The molecule has 0 unspecified atom stereocenters. The number of amides is 1. The van der Waals surface area contributed by atoms with Gasteiger partial charge < -0.3 is 14.7 Å². The molecule has 0 fully saturated rings. The van der Waals surface area contributed by atoms with E-state index < -0.39 is 4.92 Å². The van der Waals surface area contributed by atoms with Gasteiger partial charge in [0.15, 0.2) is 5.75 Å². The fourth-order valence-corrected chi connectivity index (χ4v) is 2.12. The minimum absolute atomic E-state index is 0.0926. The predicted molar refractivity (Wildman–Crippen MR) is 89.3 cm³/mol. The molecule has 24 heavy (non-hydrogen) atoms. The molecule has 0 saturated heterocycles. The SMILES string of the molecule is CN(C(=O)CCCOc1ccccc1[N+](=O)[O-])c1ccc(O)cc1. The molecule has 0 aliphatic carbocycles. The minimum atomic E-state index is -0.501. The standard InChI is InChI=1S/C17H18N2O5/c1-18(13-8-10-14(20)11-9-13)17(21)7-4-12-24-16-6-3-2-5-15(16)19(22)23/h2-3,5-6,8-11,20H,4,7,12H2,1H3. The van der Waals surface area contributed by atoms with E-state index >= 15 is 0 Å². The summed E-state index contributed by atoms with van der Waals surface area (Å²) in [6.07, 6.45) is 0.686. The first-order valence-electron chi connectivity index (χ1n) is 7.41. The molecular formula is C17H18N2O5. The lowest BCUT2D eigenvalue weighted by atomic mass is 10.2. The number of ether oxygens (including phenoxy) is 1. The van der Waals surface area contributed by atoms with Crippen LogP contribution in [-0.4, -0.2) is 29.6 Å². The number of benzene rings is 2. The van der Waals surface area contributed by atoms with E-state index in [1.54, 1.807) is 31.3 Å². The number of nitro benzene ring substituents is 1. The Hall–Kier alpha value is -3.09. The lowest BCUT2D eigenvalue weighted by Gasteiger charge is -2.17. The molecule has 0 radical (unpaired) electrons. The van der Waals surface area contributed by atoms with Gasteiger partial charge in [-0.3, -0.25) is 14.9 Å². The predicted octanol–water partition coefficient (Wildman–Crippen LogP) is 3.12. The zero-order chi connectivity index (χ0) is 17.5. The molecule has 0 spiro atoms. The molecule has 1 amide bonds. The summed E-state index contributed by atoms with van der Waals surface area (Å²) in [6, 6.07) is 12.5. The quantitative estimate of drug-likeness (QED) is 0.478. The van der Waals surface area contributed by atoms with Crippen molar-refractivity contribution in [3.05, 3.63) is 58.6 Å². The second-order valence-electron chi connectivity index (χ2n) is 5.15. The van der Waals surface area contributed by atoms with Gasteiger partial charge in [0, 0.05) is 25.2 Å². The second-order valence-corrected chi connectivity index (χ2v) is 5.15. The normalized spacial score (nSPS) is 10.2. The van der Waals surface area contributed by atoms with Gasteiger partial charge in [-0.15, -0.1) is 0 Å². The lowest BCUT2D eigenvalue weighted by Crippen LogP contribution is -2.26. The number of para-hydroxylation sites is 2. The van der Waals surface area contributed by atoms with Crippen LogP contribution in [0.1, 0.15) is 12.8 Å². The molecule has 0 heterocycles. The van der Waals surface area contributed by atoms with Crippen LogP contribution >= 0.6 is 0 Å². The molecule has 7 heteroatoms. The maximum Gasteiger partial charge on any atom is 0.310 e. The van der Waals surface area contributed by atoms with Crippen LogP contribution in [0.25, 0.3) is 0 Å². The van der Waals surface area contributed by atoms with E-state index in [1.165, 1.54) is 29.2 Å². The van der Waals surface area contributed by atoms with Crippen molar-refractivity contribution in [2.24, 2.45) is 0 Å². The average molecular weight is 330 g/mol. The molecule has 0 aliphatic rings. The highest BCUT2D eigenvalue weighted by Crippen LogP contribution is 2.26. The number of nitrogens with zero attached hydrogens (tertiary/aromatic N) is 2. The summed E-state index contributed by atoms with van der Waals surface area (Å²) in [5.41, 5.74) is 0.586. The molecule has 0 bridgehead atoms. The van der Waals surface area contributed by atoms with Crippen molar-refractivity contribution in [1.29, 1.82) is 0 Å². The Bertz CT molecular complexity index is 715. The van der Waals surface area contributed by atoms with Crippen molar-refractivity contribution in [3.8, 4) is 11.5 Å². The van der Waals surface area contributed by atoms with Crippen molar-refractivity contribution >= 4 is 17.3 Å². The van der Waals surface area contributed by atoms with Crippen LogP contribution in [-0.2, 0) is 4.79 Å². The summed E-state index contributed by atoms with van der Waals surface area (Å²) >= 11 is 0. The summed E-state index contributed by atoms with van der Waals surface area (Å²) in [4.78, 5) is 24.0. The Balaban J connectivity index is 1.83. The van der Waals surface area contributed by atoms with E-state index in [2.05, 4.69) is 0 Å². The second kappa shape index (κ2) is 7.96. The van der Waals surface area contributed by atoms with E-state index in [4.69, 9.17) is 4.74 Å². The van der Waals surface area contributed by atoms with Gasteiger partial charge in [0.2, 0.25) is 5.91 Å². The zero-order valence-electron chi connectivity index (χ0n) is 13.2. The molecule has 2 aromatic carbocycles. The summed E-state index contributed by atoms with van der Waals surface area (Å²) in [6.45, 7) is 0.208. The van der Waals surface area contributed by atoms with Crippen molar-refractivity contribution in [1.82, 2.24) is 0 Å². The molecule has 0 aromatic heterocycles. The van der Waals surface area contributed by atoms with E-state index in [0.717, 1.165) is 0 Å². The van der Waals surface area contributed by atoms with E-state index in [-0.39, 0.29) is 36.1 Å². The van der Waals surface area contributed by atoms with E-state index in [9.17, 15) is 20.0 Å². The largest absolute Gasteiger partial charge is 0.508 e. The highest BCUT2D eigenvalue weighted by Gasteiger charge is 2.14. The number of anilines is 1. The van der Waals surface area contributed by atoms with E-state index in [1.807, 2.05) is 0 Å². The number of aromatic hydroxyl groups is 1. The maximum atomic E-state index is 12.1. The third-order valence-electron chi connectivity index (χ3n) is 3.47. The van der Waals surface area contributed by atoms with E-state index in [0.29, 0.717) is 12.1 Å². The monoisotopic (exact) mass is 330 g/mol. The van der Waals surface area contributed by atoms with Crippen LogP contribution in [0.15, 0.2) is 48.5 Å². The van der Waals surface area contributed by atoms with Gasteiger partial charge >= 0.3 is 5.69 Å². The summed E-state index contributed by atoms with van der Waals surface area (Å²) in [5.74, 6) is 0.228. The highest BCUT2D eigenvalue weighted by atomic mass is 16.6. The van der Waals surface area contributed by atoms with Crippen molar-refractivity contribution in [2.75, 3.05) is 18.6 Å². The first-order chi connectivity index (χ1) is 11.5. The van der Waals surface area contributed by atoms with Crippen LogP contribution < -0.4 is 9.64 Å². The number of carbonyl (C=O) groups excluding carboxylic acids is 1. The number of hydrogen-bond acceptors (Lipinski definition) is 5. The summed E-state index contributed by atoms with van der Waals surface area (Å²) in [5, 5.41) is 20.1. The van der Waals surface area contributed by atoms with Gasteiger partial charge in [-0.2, -0.15) is 0 Å². The third-order valence-corrected chi connectivity index (χ3v) is 3.47. The smallest absolute Gasteiger partial charge is 0.310 e. The Morgan fingerprint density at radius 2 is 1.88 bits per heavy atom. The van der Waals surface area contributed by atoms with Gasteiger partial charge in [-0.1, -0.05) is 12.1 Å². The molecular weight excluding hydrogens is 312 g/mol. The Kier molecular flexibility index (Phi) is 5.73. The Labute approximate surface area is 139 Å². The molecule has 2 aromatic rings. The number of phenols is 1. The Morgan fingerprint density at radius 3 is 2.54 bits per heavy atom. The molecule has 2 rings (SSSR count). The fraction of sp³-hybridized carbons (Fsp3) is 0.235. The molecule has 0 saturated carbocycles. The minimum Gasteiger partial charge on any atom is -0.508 e. The van der Waals surface area contributed by atoms with Crippen LogP contribution in [0.5, 0.6) is 11.5 Å². The molecule has 1 N–H and O–H groups in total. The third kappa shape index (κ3) is 4.45. The van der Waals surface area contributed by atoms with Gasteiger partial charge in [0.05, 0.1) is 11.5 Å². The van der Waals surface area contributed by atoms with Crippen LogP contribution in [0.2, 0.25) is 0 Å². The topological polar surface area (TPSA) is 92.9 Å². The van der Waals surface area contributed by atoms with Crippen molar-refractivity contribution in [2.45, 2.75) is 12.8 Å². The molecule has 7 nitrogen and oxygen atoms in total. The van der Waals surface area contributed by atoms with Gasteiger partial charge in [-0.25, -0.2) is 0 Å². The number of hydrogen-bond donors (Lipinski definition) is 1. The number of rotatable bonds is 7. The number of carbonyl (C=O) groups is 1. The number of nitro groups is 1. The maximum absolute atomic E-state index is 12.1. The number of phenolic OH excluding ortho intramolecular Hbond substituents is 1. The van der Waals surface area contributed by atoms with Gasteiger partial charge in [0.25, 0.3) is 0 Å². The van der Waals surface area contributed by atoms with Crippen LogP contribution in [0, 0.1) is 10.1 Å². The van der Waals surface area contributed by atoms with Crippen LogP contribution in [0.3, 0.4) is 0 Å². The van der Waals surface area contributed by atoms with Crippen molar-refractivity contribution < 1.29 is 19.6 Å².